The Bertz CT molecular complexity index is 462. The second kappa shape index (κ2) is 3.23. The van der Waals surface area contributed by atoms with Crippen LogP contribution >= 0.6 is 23.2 Å². The van der Waals surface area contributed by atoms with E-state index in [2.05, 4.69) is 0 Å². The SMILES string of the molecule is [O-]c1c(Cl)c(Cl)c([O-])c2ccccc12. The number of hydrogen-bond acceptors (Lipinski definition) is 2. The molecule has 0 heterocycles. The molecular formula is C10H4Cl2O2-2. The molecule has 14 heavy (non-hydrogen) atoms. The molecule has 0 aliphatic heterocycles. The maximum Gasteiger partial charge on any atom is 0.0513 e. The summed E-state index contributed by atoms with van der Waals surface area (Å²) in [6.45, 7) is 0. The lowest BCUT2D eigenvalue weighted by Gasteiger charge is -2.21. The number of hydrogen-bond donors (Lipinski definition) is 0. The number of halogens is 2. The van der Waals surface area contributed by atoms with Crippen LogP contribution in [0.25, 0.3) is 10.8 Å². The normalized spacial score (nSPS) is 10.7. The van der Waals surface area contributed by atoms with Crippen molar-refractivity contribution in [2.75, 3.05) is 0 Å². The molecule has 0 atom stereocenters. The monoisotopic (exact) mass is 226 g/mol. The molecule has 0 aliphatic rings. The second-order valence-corrected chi connectivity index (χ2v) is 3.59. The van der Waals surface area contributed by atoms with E-state index in [-0.39, 0.29) is 10.0 Å². The Kier molecular flexibility index (Phi) is 2.17. The van der Waals surface area contributed by atoms with Crippen molar-refractivity contribution < 1.29 is 10.2 Å². The molecule has 0 N–H and O–H groups in total. The van der Waals surface area contributed by atoms with E-state index >= 15 is 0 Å². The minimum atomic E-state index is -0.396. The largest absolute Gasteiger partial charge is 0.871 e. The topological polar surface area (TPSA) is 46.1 Å². The molecule has 0 saturated heterocycles. The molecule has 0 aliphatic carbocycles. The van der Waals surface area contributed by atoms with Gasteiger partial charge in [0.1, 0.15) is 0 Å². The van der Waals surface area contributed by atoms with Crippen LogP contribution in [0.3, 0.4) is 0 Å². The Morgan fingerprint density at radius 1 is 0.786 bits per heavy atom. The van der Waals surface area contributed by atoms with Crippen LogP contribution in [0.2, 0.25) is 10.0 Å². The summed E-state index contributed by atoms with van der Waals surface area (Å²) in [5.74, 6) is -0.793. The molecule has 0 bridgehead atoms. The summed E-state index contributed by atoms with van der Waals surface area (Å²) < 4.78 is 0. The van der Waals surface area contributed by atoms with Crippen molar-refractivity contribution in [1.29, 1.82) is 0 Å². The van der Waals surface area contributed by atoms with Gasteiger partial charge in [0.2, 0.25) is 0 Å². The maximum absolute atomic E-state index is 11.5. The number of rotatable bonds is 0. The van der Waals surface area contributed by atoms with Crippen LogP contribution in [-0.2, 0) is 0 Å². The first-order chi connectivity index (χ1) is 6.63. The van der Waals surface area contributed by atoms with Gasteiger partial charge in [-0.05, 0) is 10.8 Å². The third-order valence-corrected chi connectivity index (χ3v) is 2.83. The number of benzene rings is 2. The summed E-state index contributed by atoms with van der Waals surface area (Å²) in [5, 5.41) is 23.3. The lowest BCUT2D eigenvalue weighted by atomic mass is 10.1. The summed E-state index contributed by atoms with van der Waals surface area (Å²) in [6.07, 6.45) is 0. The zero-order valence-electron chi connectivity index (χ0n) is 6.88. The van der Waals surface area contributed by atoms with Crippen molar-refractivity contribution in [3.05, 3.63) is 34.3 Å². The predicted octanol–water partition coefficient (Wildman–Crippen LogP) is 2.29. The predicted molar refractivity (Wildman–Crippen MR) is 52.9 cm³/mol. The highest BCUT2D eigenvalue weighted by atomic mass is 35.5. The van der Waals surface area contributed by atoms with Crippen LogP contribution in [0.5, 0.6) is 11.5 Å². The first-order valence-corrected chi connectivity index (χ1v) is 4.62. The van der Waals surface area contributed by atoms with Crippen molar-refractivity contribution in [2.24, 2.45) is 0 Å². The quantitative estimate of drug-likeness (QED) is 0.693. The van der Waals surface area contributed by atoms with Gasteiger partial charge in [0.05, 0.1) is 10.0 Å². The molecule has 0 radical (unpaired) electrons. The molecule has 0 saturated carbocycles. The van der Waals surface area contributed by atoms with E-state index < -0.39 is 11.5 Å². The second-order valence-electron chi connectivity index (χ2n) is 2.83. The Balaban J connectivity index is 3.02. The molecule has 2 nitrogen and oxygen atoms in total. The van der Waals surface area contributed by atoms with Crippen LogP contribution in [-0.4, -0.2) is 0 Å². The minimum Gasteiger partial charge on any atom is -0.871 e. The van der Waals surface area contributed by atoms with E-state index in [1.54, 1.807) is 24.3 Å². The lowest BCUT2D eigenvalue weighted by molar-refractivity contribution is -0.270. The van der Waals surface area contributed by atoms with E-state index in [1.165, 1.54) is 0 Å². The molecule has 0 unspecified atom stereocenters. The van der Waals surface area contributed by atoms with E-state index in [0.29, 0.717) is 10.8 Å². The molecule has 0 amide bonds. The third-order valence-electron chi connectivity index (χ3n) is 2.01. The van der Waals surface area contributed by atoms with Gasteiger partial charge in [-0.1, -0.05) is 59.0 Å². The molecule has 2 aromatic rings. The van der Waals surface area contributed by atoms with E-state index in [0.717, 1.165) is 0 Å². The highest BCUT2D eigenvalue weighted by molar-refractivity contribution is 6.45. The average molecular weight is 227 g/mol. The van der Waals surface area contributed by atoms with Crippen molar-refractivity contribution in [1.82, 2.24) is 0 Å². The molecule has 72 valence electrons. The Morgan fingerprint density at radius 2 is 1.14 bits per heavy atom. The Hall–Kier alpha value is -1.12. The summed E-state index contributed by atoms with van der Waals surface area (Å²) in [5.41, 5.74) is 0. The van der Waals surface area contributed by atoms with Gasteiger partial charge in [-0.2, -0.15) is 0 Å². The van der Waals surface area contributed by atoms with Gasteiger partial charge in [0.15, 0.2) is 0 Å². The maximum atomic E-state index is 11.5. The van der Waals surface area contributed by atoms with E-state index in [1.807, 2.05) is 0 Å². The van der Waals surface area contributed by atoms with Crippen LogP contribution < -0.4 is 10.2 Å². The van der Waals surface area contributed by atoms with Gasteiger partial charge >= 0.3 is 0 Å². The fourth-order valence-corrected chi connectivity index (χ4v) is 1.69. The molecule has 0 spiro atoms. The van der Waals surface area contributed by atoms with Gasteiger partial charge in [-0.25, -0.2) is 0 Å². The number of fused-ring (bicyclic) bond motifs is 1. The van der Waals surface area contributed by atoms with E-state index in [9.17, 15) is 10.2 Å². The highest BCUT2D eigenvalue weighted by Crippen LogP contribution is 2.42. The molecule has 2 aromatic carbocycles. The summed E-state index contributed by atoms with van der Waals surface area (Å²) in [7, 11) is 0. The lowest BCUT2D eigenvalue weighted by Crippen LogP contribution is -1.98. The Morgan fingerprint density at radius 3 is 1.50 bits per heavy atom. The van der Waals surface area contributed by atoms with Crippen molar-refractivity contribution in [3.63, 3.8) is 0 Å². The zero-order valence-corrected chi connectivity index (χ0v) is 8.39. The van der Waals surface area contributed by atoms with Crippen LogP contribution in [0, 0.1) is 0 Å². The zero-order chi connectivity index (χ0) is 10.3. The smallest absolute Gasteiger partial charge is 0.0513 e. The van der Waals surface area contributed by atoms with Gasteiger partial charge < -0.3 is 10.2 Å². The first-order valence-electron chi connectivity index (χ1n) is 3.86. The van der Waals surface area contributed by atoms with Gasteiger partial charge in [0.25, 0.3) is 0 Å². The van der Waals surface area contributed by atoms with Crippen LogP contribution in [0.1, 0.15) is 0 Å². The summed E-state index contributed by atoms with van der Waals surface area (Å²) in [6, 6.07) is 6.46. The van der Waals surface area contributed by atoms with Gasteiger partial charge in [-0.3, -0.25) is 0 Å². The molecule has 0 fully saturated rings. The van der Waals surface area contributed by atoms with Crippen LogP contribution in [0.15, 0.2) is 24.3 Å². The molecule has 2 rings (SSSR count). The van der Waals surface area contributed by atoms with Gasteiger partial charge in [-0.15, -0.1) is 0 Å². The minimum absolute atomic E-state index is 0.199. The highest BCUT2D eigenvalue weighted by Gasteiger charge is 2.04. The fraction of sp³-hybridized carbons (Fsp3) is 0. The van der Waals surface area contributed by atoms with Gasteiger partial charge in [0, 0.05) is 0 Å². The van der Waals surface area contributed by atoms with Crippen molar-refractivity contribution in [2.45, 2.75) is 0 Å². The molecule has 4 heteroatoms. The third kappa shape index (κ3) is 1.19. The van der Waals surface area contributed by atoms with E-state index in [4.69, 9.17) is 23.2 Å². The molecule has 0 aromatic heterocycles. The van der Waals surface area contributed by atoms with Crippen LogP contribution in [0.4, 0.5) is 0 Å². The first kappa shape index (κ1) is 9.44. The Labute approximate surface area is 90.3 Å². The standard InChI is InChI=1S/C10H6Cl2O2/c11-7-8(12)10(14)6-4-2-1-3-5(6)9(7)13/h1-4,13-14H/p-2. The average Bonchev–Trinajstić information content (AvgIpc) is 2.23. The van der Waals surface area contributed by atoms with Crippen molar-refractivity contribution >= 4 is 34.0 Å². The van der Waals surface area contributed by atoms with Crippen molar-refractivity contribution in [3.8, 4) is 11.5 Å². The summed E-state index contributed by atoms with van der Waals surface area (Å²) >= 11 is 11.2. The molecular weight excluding hydrogens is 223 g/mol. The summed E-state index contributed by atoms with van der Waals surface area (Å²) in [4.78, 5) is 0. The fourth-order valence-electron chi connectivity index (χ4n) is 1.31.